The van der Waals surface area contributed by atoms with Crippen molar-refractivity contribution in [2.24, 2.45) is 0 Å². The van der Waals surface area contributed by atoms with Gasteiger partial charge >= 0.3 is 22.3 Å². The van der Waals surface area contributed by atoms with Crippen molar-refractivity contribution in [3.05, 3.63) is 74.0 Å². The Kier molecular flexibility index (Phi) is 7.01. The van der Waals surface area contributed by atoms with E-state index in [-0.39, 0.29) is 39.2 Å². The van der Waals surface area contributed by atoms with Crippen molar-refractivity contribution < 1.29 is 27.2 Å². The monoisotopic (exact) mass is 513 g/mol. The normalized spacial score (nSPS) is 11.0. The first-order valence-corrected chi connectivity index (χ1v) is 11.1. The van der Waals surface area contributed by atoms with Gasteiger partial charge in [-0.05, 0) is 30.3 Å². The highest BCUT2D eigenvalue weighted by atomic mass is 35.5. The van der Waals surface area contributed by atoms with Crippen LogP contribution in [0.2, 0.25) is 10.0 Å². The molecule has 0 saturated heterocycles. The Hall–Kier alpha value is -3.48. The zero-order chi connectivity index (χ0) is 24.3. The molecule has 33 heavy (non-hydrogen) atoms. The quantitative estimate of drug-likeness (QED) is 0.253. The summed E-state index contributed by atoms with van der Waals surface area (Å²) in [6.45, 7) is -0.242. The van der Waals surface area contributed by atoms with Crippen LogP contribution in [0.1, 0.15) is 0 Å². The smallest absolute Gasteiger partial charge is 0.341 e. The minimum Gasteiger partial charge on any atom is -0.372 e. The molecule has 0 saturated carbocycles. The van der Waals surface area contributed by atoms with Gasteiger partial charge in [-0.25, -0.2) is 0 Å². The molecule has 0 bridgehead atoms. The highest BCUT2D eigenvalue weighted by Crippen LogP contribution is 2.31. The molecule has 0 aliphatic carbocycles. The number of hydrogen-bond acceptors (Lipinski definition) is 9. The molecular formula is C19H15Cl2N4O7S+. The van der Waals surface area contributed by atoms with Gasteiger partial charge in [0.25, 0.3) is 10.5 Å². The maximum Gasteiger partial charge on any atom is 0.341 e. The van der Waals surface area contributed by atoms with Gasteiger partial charge in [0.05, 0.1) is 27.9 Å². The second-order valence-corrected chi connectivity index (χ2v) is 8.99. The maximum absolute atomic E-state index is 12.7. The Morgan fingerprint density at radius 1 is 1.12 bits per heavy atom. The number of hydrogen-bond donors (Lipinski definition) is 0. The molecule has 0 amide bonds. The van der Waals surface area contributed by atoms with E-state index in [4.69, 9.17) is 28.0 Å². The average Bonchev–Trinajstić information content (AvgIpc) is 2.74. The molecule has 0 unspecified atom stereocenters. The lowest BCUT2D eigenvalue weighted by atomic mass is 10.2. The van der Waals surface area contributed by atoms with Gasteiger partial charge in [0, 0.05) is 25.2 Å². The highest BCUT2D eigenvalue weighted by Gasteiger charge is 2.29. The summed E-state index contributed by atoms with van der Waals surface area (Å²) in [5.74, 6) is -0.224. The molecule has 1 aromatic heterocycles. The molecule has 3 rings (SSSR count). The Balaban J connectivity index is 1.96. The van der Waals surface area contributed by atoms with Crippen LogP contribution in [-0.2, 0) is 19.1 Å². The highest BCUT2D eigenvalue weighted by molar-refractivity contribution is 7.87. The van der Waals surface area contributed by atoms with Crippen LogP contribution in [0.25, 0.3) is 5.69 Å². The van der Waals surface area contributed by atoms with Gasteiger partial charge < -0.3 is 9.08 Å². The summed E-state index contributed by atoms with van der Waals surface area (Å²) in [6.07, 6.45) is 1.10. The van der Waals surface area contributed by atoms with Gasteiger partial charge in [-0.15, -0.1) is 0 Å². The first-order valence-electron chi connectivity index (χ1n) is 8.92. The molecule has 0 fully saturated rings. The molecule has 0 N–H and O–H groups in total. The molecule has 2 aromatic carbocycles. The van der Waals surface area contributed by atoms with E-state index in [1.54, 1.807) is 14.1 Å². The first kappa shape index (κ1) is 24.2. The largest absolute Gasteiger partial charge is 0.372 e. The van der Waals surface area contributed by atoms with Gasteiger partial charge in [-0.3, -0.25) is 9.59 Å². The zero-order valence-electron chi connectivity index (χ0n) is 17.0. The molecule has 1 heterocycles. The summed E-state index contributed by atoms with van der Waals surface area (Å²) in [4.78, 5) is 41.9. The summed E-state index contributed by atoms with van der Waals surface area (Å²) in [5.41, 5.74) is -0.349. The van der Waals surface area contributed by atoms with E-state index in [1.807, 2.05) is 0 Å². The predicted octanol–water partition coefficient (Wildman–Crippen LogP) is 2.87. The third kappa shape index (κ3) is 5.30. The summed E-state index contributed by atoms with van der Waals surface area (Å²) in [5, 5.41) is 4.50. The van der Waals surface area contributed by atoms with Crippen molar-refractivity contribution in [1.82, 2.24) is 9.78 Å². The van der Waals surface area contributed by atoms with Crippen molar-refractivity contribution in [3.8, 4) is 11.4 Å². The fourth-order valence-corrected chi connectivity index (χ4v) is 3.90. The molecule has 11 nitrogen and oxygen atoms in total. The second kappa shape index (κ2) is 9.57. The Bertz CT molecular complexity index is 1410. The molecule has 0 aliphatic rings. The number of benzene rings is 2. The fourth-order valence-electron chi connectivity index (χ4n) is 2.71. The molecular weight excluding hydrogens is 499 g/mol. The zero-order valence-corrected chi connectivity index (χ0v) is 19.3. The van der Waals surface area contributed by atoms with Crippen LogP contribution in [0.5, 0.6) is 5.75 Å². The maximum atomic E-state index is 12.7. The standard InChI is InChI=1S/C19H15Cl2N4O7S/c1-23(2)17-6-4-14(33(29,30)31-11-26)9-18(17)25(28)32-13-8-19(27)24(22-10-13)16-5-3-12(20)7-15(16)21/h3-11H,1-2H3/q+1. The van der Waals surface area contributed by atoms with E-state index >= 15 is 0 Å². The van der Waals surface area contributed by atoms with Gasteiger partial charge in [0.2, 0.25) is 5.75 Å². The van der Waals surface area contributed by atoms with Crippen molar-refractivity contribution in [2.75, 3.05) is 19.0 Å². The lowest BCUT2D eigenvalue weighted by Crippen LogP contribution is -2.22. The van der Waals surface area contributed by atoms with E-state index in [9.17, 15) is 22.9 Å². The molecule has 0 aliphatic heterocycles. The van der Waals surface area contributed by atoms with Crippen LogP contribution in [0, 0.1) is 4.91 Å². The van der Waals surface area contributed by atoms with Crippen LogP contribution in [-0.4, -0.2) is 43.7 Å². The second-order valence-electron chi connectivity index (χ2n) is 6.58. The lowest BCUT2D eigenvalue weighted by Gasteiger charge is -2.12. The Morgan fingerprint density at radius 2 is 1.85 bits per heavy atom. The lowest BCUT2D eigenvalue weighted by molar-refractivity contribution is -0.697. The van der Waals surface area contributed by atoms with Crippen molar-refractivity contribution in [2.45, 2.75) is 4.90 Å². The minimum atomic E-state index is -4.43. The first-order chi connectivity index (χ1) is 15.5. The van der Waals surface area contributed by atoms with Crippen molar-refractivity contribution in [3.63, 3.8) is 0 Å². The van der Waals surface area contributed by atoms with E-state index in [0.717, 1.165) is 29.1 Å². The van der Waals surface area contributed by atoms with Crippen molar-refractivity contribution >= 4 is 51.2 Å². The number of carbonyl (C=O) groups is 1. The number of nitrogens with zero attached hydrogens (tertiary/aromatic N) is 4. The number of halogens is 2. The molecule has 0 radical (unpaired) electrons. The van der Waals surface area contributed by atoms with Crippen LogP contribution in [0.3, 0.4) is 0 Å². The van der Waals surface area contributed by atoms with Gasteiger partial charge in [-0.1, -0.05) is 23.2 Å². The van der Waals surface area contributed by atoms with E-state index < -0.39 is 20.6 Å². The third-order valence-electron chi connectivity index (χ3n) is 4.18. The van der Waals surface area contributed by atoms with E-state index in [2.05, 4.69) is 9.28 Å². The molecule has 14 heteroatoms. The van der Waals surface area contributed by atoms with Gasteiger partial charge in [0.15, 0.2) is 0 Å². The van der Waals surface area contributed by atoms with Crippen LogP contribution >= 0.6 is 23.2 Å². The molecule has 0 spiro atoms. The van der Waals surface area contributed by atoms with E-state index in [0.29, 0.717) is 5.02 Å². The summed E-state index contributed by atoms with van der Waals surface area (Å²) in [7, 11) is -1.20. The average molecular weight is 514 g/mol. The van der Waals surface area contributed by atoms with Crippen LogP contribution in [0.15, 0.2) is 58.4 Å². The van der Waals surface area contributed by atoms with Crippen LogP contribution in [0.4, 0.5) is 11.4 Å². The molecule has 0 atom stereocenters. The van der Waals surface area contributed by atoms with Crippen molar-refractivity contribution in [1.29, 1.82) is 0 Å². The Morgan fingerprint density at radius 3 is 2.45 bits per heavy atom. The minimum absolute atomic E-state index is 0.00528. The third-order valence-corrected chi connectivity index (χ3v) is 5.88. The fraction of sp³-hybridized carbons (Fsp3) is 0.105. The number of carbonyl (C=O) groups excluding carboxylic acids is 1. The molecule has 3 aromatic rings. The van der Waals surface area contributed by atoms with E-state index in [1.165, 1.54) is 29.2 Å². The summed E-state index contributed by atoms with van der Waals surface area (Å²) in [6, 6.07) is 8.90. The predicted molar refractivity (Wildman–Crippen MR) is 119 cm³/mol. The number of aromatic nitrogens is 2. The number of anilines is 1. The Labute approximate surface area is 197 Å². The summed E-state index contributed by atoms with van der Waals surface area (Å²) >= 11 is 12.0. The topological polar surface area (TPSA) is 128 Å². The van der Waals surface area contributed by atoms with Gasteiger partial charge in [-0.2, -0.15) is 23.0 Å². The number of rotatable bonds is 8. The van der Waals surface area contributed by atoms with Gasteiger partial charge in [0.1, 0.15) is 10.6 Å². The van der Waals surface area contributed by atoms with Crippen LogP contribution < -0.4 is 15.3 Å². The summed E-state index contributed by atoms with van der Waals surface area (Å²) < 4.78 is 29.1. The SMILES string of the molecule is CN(C)c1ccc(S(=O)(=O)OC=O)cc1[N+](=O)Oc1cnn(-c2ccc(Cl)cc2Cl)c(=O)c1. The molecule has 172 valence electrons.